The van der Waals surface area contributed by atoms with Crippen molar-refractivity contribution in [2.24, 2.45) is 0 Å². The number of carbonyl (C=O) groups is 1. The Morgan fingerprint density at radius 3 is 2.74 bits per heavy atom. The number of carboxylic acid groups (broad SMARTS) is 1. The van der Waals surface area contributed by atoms with E-state index in [0.29, 0.717) is 23.2 Å². The van der Waals surface area contributed by atoms with E-state index in [-0.39, 0.29) is 11.4 Å². The summed E-state index contributed by atoms with van der Waals surface area (Å²) >= 11 is 1.06. The van der Waals surface area contributed by atoms with E-state index in [2.05, 4.69) is 9.36 Å². The van der Waals surface area contributed by atoms with Gasteiger partial charge in [-0.2, -0.15) is 9.36 Å². The molecule has 2 aromatic carbocycles. The van der Waals surface area contributed by atoms with E-state index in [1.165, 1.54) is 24.3 Å². The lowest BCUT2D eigenvalue weighted by Gasteiger charge is -2.05. The predicted octanol–water partition coefficient (Wildman–Crippen LogP) is 2.42. The van der Waals surface area contributed by atoms with Crippen molar-refractivity contribution in [2.45, 2.75) is 6.42 Å². The highest BCUT2D eigenvalue weighted by Gasteiger charge is 2.08. The molecule has 0 unspecified atom stereocenters. The molecule has 0 radical (unpaired) electrons. The third kappa shape index (κ3) is 3.89. The molecule has 0 amide bonds. The second-order valence-corrected chi connectivity index (χ2v) is 5.41. The minimum absolute atomic E-state index is 0.0264. The van der Waals surface area contributed by atoms with Gasteiger partial charge in [0.15, 0.2) is 5.82 Å². The number of aromatic nitrogens is 2. The zero-order valence-corrected chi connectivity index (χ0v) is 12.5. The van der Waals surface area contributed by atoms with Gasteiger partial charge in [0.2, 0.25) is 0 Å². The van der Waals surface area contributed by atoms with Gasteiger partial charge in [-0.1, -0.05) is 24.3 Å². The van der Waals surface area contributed by atoms with Crippen LogP contribution >= 0.6 is 11.5 Å². The summed E-state index contributed by atoms with van der Waals surface area (Å²) in [5, 5.41) is 11.1. The monoisotopic (exact) mass is 329 g/mol. The maximum absolute atomic E-state index is 12.9. The molecule has 0 fully saturated rings. The molecule has 1 aromatic heterocycles. The SMILES string of the molecule is O=C([O-])c1cccc(Oc2nc(Cc3ccc(F)cc3)ns2)c1. The molecule has 0 saturated heterocycles. The van der Waals surface area contributed by atoms with Gasteiger partial charge in [0, 0.05) is 23.5 Å². The molecule has 23 heavy (non-hydrogen) atoms. The minimum Gasteiger partial charge on any atom is -0.545 e. The topological polar surface area (TPSA) is 75.1 Å². The molecule has 116 valence electrons. The van der Waals surface area contributed by atoms with Crippen molar-refractivity contribution in [3.05, 3.63) is 71.3 Å². The molecule has 3 rings (SSSR count). The second kappa shape index (κ2) is 6.53. The van der Waals surface area contributed by atoms with E-state index in [9.17, 15) is 14.3 Å². The van der Waals surface area contributed by atoms with E-state index in [4.69, 9.17) is 4.74 Å². The van der Waals surface area contributed by atoms with E-state index < -0.39 is 5.97 Å². The first kappa shape index (κ1) is 15.1. The van der Waals surface area contributed by atoms with Crippen LogP contribution in [-0.2, 0) is 6.42 Å². The van der Waals surface area contributed by atoms with E-state index in [1.807, 2.05) is 0 Å². The Labute approximate surface area is 135 Å². The number of ether oxygens (including phenoxy) is 1. The Morgan fingerprint density at radius 1 is 1.22 bits per heavy atom. The normalized spacial score (nSPS) is 10.5. The van der Waals surface area contributed by atoms with Crippen molar-refractivity contribution in [1.82, 2.24) is 9.36 Å². The molecule has 0 N–H and O–H groups in total. The average molecular weight is 329 g/mol. The summed E-state index contributed by atoms with van der Waals surface area (Å²) in [7, 11) is 0. The molecule has 7 heteroatoms. The number of hydrogen-bond acceptors (Lipinski definition) is 6. The Bertz CT molecular complexity index is 833. The Balaban J connectivity index is 1.71. The molecule has 5 nitrogen and oxygen atoms in total. The molecule has 3 aromatic rings. The van der Waals surface area contributed by atoms with Crippen LogP contribution in [0.2, 0.25) is 0 Å². The zero-order valence-electron chi connectivity index (χ0n) is 11.7. The number of rotatable bonds is 5. The van der Waals surface area contributed by atoms with Gasteiger partial charge in [0.1, 0.15) is 11.6 Å². The quantitative estimate of drug-likeness (QED) is 0.718. The van der Waals surface area contributed by atoms with Gasteiger partial charge in [0.05, 0.1) is 5.97 Å². The second-order valence-electron chi connectivity index (χ2n) is 4.70. The highest BCUT2D eigenvalue weighted by molar-refractivity contribution is 7.07. The molecular weight excluding hydrogens is 319 g/mol. The van der Waals surface area contributed by atoms with Crippen LogP contribution in [0.5, 0.6) is 10.9 Å². The van der Waals surface area contributed by atoms with E-state index >= 15 is 0 Å². The fourth-order valence-electron chi connectivity index (χ4n) is 1.92. The molecule has 0 aliphatic carbocycles. The Kier molecular flexibility index (Phi) is 4.29. The van der Waals surface area contributed by atoms with Gasteiger partial charge >= 0.3 is 0 Å². The van der Waals surface area contributed by atoms with Gasteiger partial charge in [-0.05, 0) is 29.8 Å². The molecule has 0 aliphatic rings. The van der Waals surface area contributed by atoms with Crippen LogP contribution in [-0.4, -0.2) is 15.3 Å². The number of nitrogens with zero attached hydrogens (tertiary/aromatic N) is 2. The van der Waals surface area contributed by atoms with Crippen LogP contribution in [0, 0.1) is 5.82 Å². The average Bonchev–Trinajstić information content (AvgIpc) is 2.97. The number of aromatic carboxylic acids is 1. The summed E-state index contributed by atoms with van der Waals surface area (Å²) in [4.78, 5) is 15.0. The standard InChI is InChI=1S/C16H11FN2O3S/c17-12-6-4-10(5-7-12)8-14-18-16(23-19-14)22-13-3-1-2-11(9-13)15(20)21/h1-7,9H,8H2,(H,20,21)/p-1. The molecule has 1 heterocycles. The smallest absolute Gasteiger partial charge is 0.298 e. The lowest BCUT2D eigenvalue weighted by Crippen LogP contribution is -2.21. The van der Waals surface area contributed by atoms with Crippen LogP contribution in [0.4, 0.5) is 4.39 Å². The fraction of sp³-hybridized carbons (Fsp3) is 0.0625. The lowest BCUT2D eigenvalue weighted by atomic mass is 10.1. The van der Waals surface area contributed by atoms with Crippen molar-refractivity contribution in [3.8, 4) is 10.9 Å². The summed E-state index contributed by atoms with van der Waals surface area (Å²) in [5.74, 6) is -0.676. The van der Waals surface area contributed by atoms with Crippen LogP contribution in [0.3, 0.4) is 0 Å². The first-order valence-electron chi connectivity index (χ1n) is 6.66. The van der Waals surface area contributed by atoms with Gasteiger partial charge in [0.25, 0.3) is 5.19 Å². The summed E-state index contributed by atoms with van der Waals surface area (Å²) in [6.45, 7) is 0. The number of halogens is 1. The first-order chi connectivity index (χ1) is 11.1. The van der Waals surface area contributed by atoms with Gasteiger partial charge < -0.3 is 14.6 Å². The number of benzene rings is 2. The Morgan fingerprint density at radius 2 is 2.00 bits per heavy atom. The fourth-order valence-corrected chi connectivity index (χ4v) is 2.49. The van der Waals surface area contributed by atoms with Gasteiger partial charge in [-0.3, -0.25) is 0 Å². The van der Waals surface area contributed by atoms with Crippen molar-refractivity contribution in [3.63, 3.8) is 0 Å². The predicted molar refractivity (Wildman–Crippen MR) is 80.0 cm³/mol. The van der Waals surface area contributed by atoms with Crippen LogP contribution in [0.25, 0.3) is 0 Å². The first-order valence-corrected chi connectivity index (χ1v) is 7.44. The number of carboxylic acids is 1. The molecule has 0 aliphatic heterocycles. The zero-order chi connectivity index (χ0) is 16.2. The summed E-state index contributed by atoms with van der Waals surface area (Å²) in [6.07, 6.45) is 0.458. The minimum atomic E-state index is -1.27. The summed E-state index contributed by atoms with van der Waals surface area (Å²) in [6, 6.07) is 12.0. The largest absolute Gasteiger partial charge is 0.545 e. The molecule has 0 saturated carbocycles. The highest BCUT2D eigenvalue weighted by Crippen LogP contribution is 2.24. The lowest BCUT2D eigenvalue weighted by molar-refractivity contribution is -0.255. The Hall–Kier alpha value is -2.80. The van der Waals surface area contributed by atoms with Gasteiger partial charge in [-0.25, -0.2) is 4.39 Å². The summed E-state index contributed by atoms with van der Waals surface area (Å²) < 4.78 is 22.5. The highest BCUT2D eigenvalue weighted by atomic mass is 32.1. The molecule has 0 spiro atoms. The number of hydrogen-bond donors (Lipinski definition) is 0. The third-order valence-electron chi connectivity index (χ3n) is 3.00. The van der Waals surface area contributed by atoms with Crippen LogP contribution in [0.15, 0.2) is 48.5 Å². The van der Waals surface area contributed by atoms with Crippen LogP contribution < -0.4 is 9.84 Å². The molecule has 0 bridgehead atoms. The third-order valence-corrected chi connectivity index (χ3v) is 3.63. The number of carbonyl (C=O) groups excluding carboxylic acids is 1. The van der Waals surface area contributed by atoms with Crippen molar-refractivity contribution in [2.75, 3.05) is 0 Å². The van der Waals surface area contributed by atoms with Crippen molar-refractivity contribution in [1.29, 1.82) is 0 Å². The maximum Gasteiger partial charge on any atom is 0.298 e. The summed E-state index contributed by atoms with van der Waals surface area (Å²) in [5.41, 5.74) is 0.910. The van der Waals surface area contributed by atoms with E-state index in [0.717, 1.165) is 17.1 Å². The molecule has 0 atom stereocenters. The van der Waals surface area contributed by atoms with Crippen LogP contribution in [0.1, 0.15) is 21.7 Å². The maximum atomic E-state index is 12.9. The van der Waals surface area contributed by atoms with Crippen molar-refractivity contribution < 1.29 is 19.0 Å². The molecular formula is C16H10FN2O3S-. The van der Waals surface area contributed by atoms with Gasteiger partial charge in [-0.15, -0.1) is 0 Å². The van der Waals surface area contributed by atoms with Crippen molar-refractivity contribution >= 4 is 17.5 Å². The van der Waals surface area contributed by atoms with E-state index in [1.54, 1.807) is 24.3 Å².